The molecule has 7 nitrogen and oxygen atoms in total. The normalized spacial score (nSPS) is 18.5. The Morgan fingerprint density at radius 1 is 1.18 bits per heavy atom. The molecule has 4 amide bonds. The zero-order chi connectivity index (χ0) is 24.0. The molecule has 3 N–H and O–H groups in total. The van der Waals surface area contributed by atoms with Crippen LogP contribution in [0.2, 0.25) is 0 Å². The molecule has 1 unspecified atom stereocenters. The van der Waals surface area contributed by atoms with Gasteiger partial charge in [0.05, 0.1) is 17.8 Å². The summed E-state index contributed by atoms with van der Waals surface area (Å²) in [6.07, 6.45) is -4.43. The van der Waals surface area contributed by atoms with Gasteiger partial charge in [-0.3, -0.25) is 14.5 Å². The van der Waals surface area contributed by atoms with Crippen molar-refractivity contribution in [3.8, 4) is 10.6 Å². The average Bonchev–Trinajstić information content (AvgIpc) is 3.32. The molecular weight excluding hydrogens is 457 g/mol. The van der Waals surface area contributed by atoms with Crippen LogP contribution in [0.25, 0.3) is 10.6 Å². The van der Waals surface area contributed by atoms with Crippen molar-refractivity contribution >= 4 is 29.2 Å². The van der Waals surface area contributed by atoms with E-state index in [0.29, 0.717) is 21.8 Å². The molecule has 11 heteroatoms. The van der Waals surface area contributed by atoms with Crippen molar-refractivity contribution in [2.75, 3.05) is 0 Å². The highest BCUT2D eigenvalue weighted by Gasteiger charge is 2.49. The number of carbonyl (C=O) groups excluding carboxylic acids is 3. The van der Waals surface area contributed by atoms with Crippen molar-refractivity contribution in [1.29, 1.82) is 0 Å². The summed E-state index contributed by atoms with van der Waals surface area (Å²) in [4.78, 5) is 42.6. The van der Waals surface area contributed by atoms with Gasteiger partial charge in [0.1, 0.15) is 10.5 Å². The highest BCUT2D eigenvalue weighted by atomic mass is 32.1. The molecular formula is C22H17F3N4O3S. The van der Waals surface area contributed by atoms with Crippen molar-refractivity contribution < 1.29 is 27.6 Å². The molecule has 2 aromatic carbocycles. The van der Waals surface area contributed by atoms with Gasteiger partial charge in [0.25, 0.3) is 5.91 Å². The monoisotopic (exact) mass is 474 g/mol. The number of hydrogen-bond acceptors (Lipinski definition) is 5. The second-order valence-corrected chi connectivity index (χ2v) is 8.47. The lowest BCUT2D eigenvalue weighted by Crippen LogP contribution is -2.41. The second-order valence-electron chi connectivity index (χ2n) is 7.61. The maximum absolute atomic E-state index is 13.1. The van der Waals surface area contributed by atoms with Gasteiger partial charge in [0.2, 0.25) is 5.91 Å². The number of hydrogen-bond donors (Lipinski definition) is 2. The molecule has 0 spiro atoms. The Morgan fingerprint density at radius 3 is 2.52 bits per heavy atom. The molecule has 1 aliphatic heterocycles. The van der Waals surface area contributed by atoms with Gasteiger partial charge in [-0.05, 0) is 36.8 Å². The third-order valence-corrected chi connectivity index (χ3v) is 6.27. The molecule has 170 valence electrons. The van der Waals surface area contributed by atoms with E-state index in [2.05, 4.69) is 10.3 Å². The Bertz CT molecular complexity index is 1260. The van der Waals surface area contributed by atoms with Crippen molar-refractivity contribution in [2.45, 2.75) is 25.2 Å². The van der Waals surface area contributed by atoms with E-state index < -0.39 is 35.1 Å². The maximum Gasteiger partial charge on any atom is 0.416 e. The highest BCUT2D eigenvalue weighted by Crippen LogP contribution is 2.33. The molecule has 4 rings (SSSR count). The molecule has 1 atom stereocenters. The number of benzene rings is 2. The van der Waals surface area contributed by atoms with E-state index in [1.165, 1.54) is 42.5 Å². The number of carbonyl (C=O) groups is 3. The van der Waals surface area contributed by atoms with E-state index in [9.17, 15) is 27.6 Å². The molecule has 0 saturated carbocycles. The first-order valence-corrected chi connectivity index (χ1v) is 10.5. The lowest BCUT2D eigenvalue weighted by molar-refractivity contribution is -0.137. The minimum Gasteiger partial charge on any atom is -0.366 e. The minimum atomic E-state index is -4.43. The molecule has 1 aromatic heterocycles. The van der Waals surface area contributed by atoms with Gasteiger partial charge in [-0.1, -0.05) is 24.3 Å². The van der Waals surface area contributed by atoms with Gasteiger partial charge in [-0.2, -0.15) is 13.2 Å². The first-order chi connectivity index (χ1) is 15.5. The van der Waals surface area contributed by atoms with Crippen LogP contribution in [0, 0.1) is 0 Å². The van der Waals surface area contributed by atoms with Crippen LogP contribution in [0.1, 0.15) is 34.1 Å². The molecule has 1 saturated heterocycles. The molecule has 1 fully saturated rings. The van der Waals surface area contributed by atoms with Gasteiger partial charge in [-0.15, -0.1) is 11.3 Å². The number of aromatic nitrogens is 1. The first-order valence-electron chi connectivity index (χ1n) is 9.65. The molecule has 33 heavy (non-hydrogen) atoms. The quantitative estimate of drug-likeness (QED) is 0.547. The Kier molecular flexibility index (Phi) is 5.44. The largest absolute Gasteiger partial charge is 0.416 e. The summed E-state index contributed by atoms with van der Waals surface area (Å²) in [6.45, 7) is 1.41. The van der Waals surface area contributed by atoms with Crippen molar-refractivity contribution in [3.63, 3.8) is 0 Å². The number of rotatable bonds is 5. The van der Waals surface area contributed by atoms with Crippen LogP contribution < -0.4 is 11.1 Å². The summed E-state index contributed by atoms with van der Waals surface area (Å²) in [5.74, 6) is -1.19. The molecule has 0 aliphatic carbocycles. The number of nitrogens with two attached hydrogens (primary N) is 1. The molecule has 0 radical (unpaired) electrons. The SMILES string of the molecule is CC1(c2cccc(C(N)=O)c2)NC(=O)N(Cc2csc(-c3ccc(C(F)(F)F)cc3)n2)C1=O. The Labute approximate surface area is 190 Å². The van der Waals surface area contributed by atoms with Crippen LogP contribution >= 0.6 is 11.3 Å². The summed E-state index contributed by atoms with van der Waals surface area (Å²) in [6, 6.07) is 10.1. The number of urea groups is 1. The minimum absolute atomic E-state index is 0.118. The van der Waals surface area contributed by atoms with E-state index in [1.54, 1.807) is 17.5 Å². The van der Waals surface area contributed by atoms with Crippen LogP contribution in [0.3, 0.4) is 0 Å². The van der Waals surface area contributed by atoms with Gasteiger partial charge in [0, 0.05) is 16.5 Å². The summed E-state index contributed by atoms with van der Waals surface area (Å²) in [5, 5.41) is 4.74. The summed E-state index contributed by atoms with van der Waals surface area (Å²) < 4.78 is 38.3. The maximum atomic E-state index is 13.1. The summed E-state index contributed by atoms with van der Waals surface area (Å²) in [5.41, 5.74) is 4.67. The van der Waals surface area contributed by atoms with Gasteiger partial charge in [-0.25, -0.2) is 9.78 Å². The van der Waals surface area contributed by atoms with Crippen LogP contribution in [-0.2, 0) is 23.1 Å². The number of thiazole rings is 1. The number of halogens is 3. The Morgan fingerprint density at radius 2 is 1.88 bits per heavy atom. The lowest BCUT2D eigenvalue weighted by atomic mass is 9.90. The molecule has 1 aliphatic rings. The average molecular weight is 474 g/mol. The van der Waals surface area contributed by atoms with Gasteiger partial charge >= 0.3 is 12.2 Å². The number of imide groups is 1. The van der Waals surface area contributed by atoms with E-state index >= 15 is 0 Å². The molecule has 3 aromatic rings. The molecule has 0 bridgehead atoms. The van der Waals surface area contributed by atoms with E-state index in [1.807, 2.05) is 0 Å². The Hall–Kier alpha value is -3.73. The van der Waals surface area contributed by atoms with E-state index in [-0.39, 0.29) is 12.1 Å². The van der Waals surface area contributed by atoms with Gasteiger partial charge < -0.3 is 11.1 Å². The second kappa shape index (κ2) is 8.00. The first kappa shape index (κ1) is 22.5. The fraction of sp³-hybridized carbons (Fsp3) is 0.182. The standard InChI is InChI=1S/C22H17F3N4O3S/c1-21(15-4-2-3-13(9-15)17(26)30)19(31)29(20(32)28-21)10-16-11-33-18(27-16)12-5-7-14(8-6-12)22(23,24)25/h2-9,11H,10H2,1H3,(H2,26,30)(H,28,32). The Balaban J connectivity index is 1.54. The number of nitrogens with one attached hydrogen (secondary N) is 1. The number of nitrogens with zero attached hydrogens (tertiary/aromatic N) is 2. The van der Waals surface area contributed by atoms with E-state index in [0.717, 1.165) is 17.0 Å². The van der Waals surface area contributed by atoms with Crippen LogP contribution in [0.15, 0.2) is 53.9 Å². The van der Waals surface area contributed by atoms with Crippen LogP contribution in [0.5, 0.6) is 0 Å². The third-order valence-electron chi connectivity index (χ3n) is 5.33. The fourth-order valence-corrected chi connectivity index (χ4v) is 4.31. The predicted molar refractivity (Wildman–Crippen MR) is 114 cm³/mol. The summed E-state index contributed by atoms with van der Waals surface area (Å²) >= 11 is 1.19. The predicted octanol–water partition coefficient (Wildman–Crippen LogP) is 3.90. The number of amides is 4. The number of alkyl halides is 3. The highest BCUT2D eigenvalue weighted by molar-refractivity contribution is 7.13. The summed E-state index contributed by atoms with van der Waals surface area (Å²) in [7, 11) is 0. The van der Waals surface area contributed by atoms with Crippen molar-refractivity contribution in [3.05, 3.63) is 76.3 Å². The zero-order valence-electron chi connectivity index (χ0n) is 17.1. The van der Waals surface area contributed by atoms with E-state index in [4.69, 9.17) is 5.73 Å². The van der Waals surface area contributed by atoms with Crippen molar-refractivity contribution in [1.82, 2.24) is 15.2 Å². The molecule has 2 heterocycles. The van der Waals surface area contributed by atoms with Crippen LogP contribution in [-0.4, -0.2) is 27.7 Å². The topological polar surface area (TPSA) is 105 Å². The van der Waals surface area contributed by atoms with Crippen molar-refractivity contribution in [2.24, 2.45) is 5.73 Å². The zero-order valence-corrected chi connectivity index (χ0v) is 18.0. The fourth-order valence-electron chi connectivity index (χ4n) is 3.50. The smallest absolute Gasteiger partial charge is 0.366 e. The van der Waals surface area contributed by atoms with Crippen LogP contribution in [0.4, 0.5) is 18.0 Å². The number of primary amides is 1. The lowest BCUT2D eigenvalue weighted by Gasteiger charge is -2.22. The van der Waals surface area contributed by atoms with Gasteiger partial charge in [0.15, 0.2) is 0 Å². The third kappa shape index (κ3) is 4.19.